The molecule has 1 atom stereocenters. The zero-order valence-electron chi connectivity index (χ0n) is 15.3. The fraction of sp³-hybridized carbons (Fsp3) is 0.286. The molecule has 138 valence electrons. The summed E-state index contributed by atoms with van der Waals surface area (Å²) >= 11 is 0. The SMILES string of the molecule is CC(NC(=O)c1nc(N2CCOCC2)c2ccccc2n1)c1ccccc1. The molecule has 1 aliphatic rings. The van der Waals surface area contributed by atoms with Gasteiger partial charge in [-0.2, -0.15) is 0 Å². The van der Waals surface area contributed by atoms with Crippen LogP contribution < -0.4 is 10.2 Å². The predicted molar refractivity (Wildman–Crippen MR) is 105 cm³/mol. The monoisotopic (exact) mass is 362 g/mol. The lowest BCUT2D eigenvalue weighted by Crippen LogP contribution is -2.37. The molecular weight excluding hydrogens is 340 g/mol. The van der Waals surface area contributed by atoms with E-state index in [2.05, 4.69) is 20.2 Å². The Balaban J connectivity index is 1.66. The van der Waals surface area contributed by atoms with Crippen LogP contribution in [0.15, 0.2) is 54.6 Å². The zero-order chi connectivity index (χ0) is 18.6. The summed E-state index contributed by atoms with van der Waals surface area (Å²) in [6.07, 6.45) is 0. The molecule has 2 heterocycles. The number of aromatic nitrogens is 2. The van der Waals surface area contributed by atoms with Crippen LogP contribution in [0.1, 0.15) is 29.1 Å². The number of benzene rings is 2. The third-order valence-corrected chi connectivity index (χ3v) is 4.74. The van der Waals surface area contributed by atoms with Crippen molar-refractivity contribution >= 4 is 22.6 Å². The van der Waals surface area contributed by atoms with E-state index in [-0.39, 0.29) is 17.8 Å². The number of fused-ring (bicyclic) bond motifs is 1. The number of hydrogen-bond donors (Lipinski definition) is 1. The molecule has 0 spiro atoms. The molecule has 0 bridgehead atoms. The molecule has 27 heavy (non-hydrogen) atoms. The van der Waals surface area contributed by atoms with E-state index in [1.807, 2.05) is 61.5 Å². The highest BCUT2D eigenvalue weighted by Gasteiger charge is 2.20. The normalized spacial score (nSPS) is 15.5. The zero-order valence-corrected chi connectivity index (χ0v) is 15.3. The van der Waals surface area contributed by atoms with E-state index >= 15 is 0 Å². The molecule has 0 saturated carbocycles. The van der Waals surface area contributed by atoms with E-state index in [1.165, 1.54) is 0 Å². The summed E-state index contributed by atoms with van der Waals surface area (Å²) in [5.74, 6) is 0.714. The van der Waals surface area contributed by atoms with Gasteiger partial charge in [-0.15, -0.1) is 0 Å². The van der Waals surface area contributed by atoms with Gasteiger partial charge in [0.15, 0.2) is 0 Å². The minimum absolute atomic E-state index is 0.124. The van der Waals surface area contributed by atoms with Gasteiger partial charge in [0.25, 0.3) is 5.91 Å². The largest absolute Gasteiger partial charge is 0.378 e. The molecule has 0 aliphatic carbocycles. The number of hydrogen-bond acceptors (Lipinski definition) is 5. The van der Waals surface area contributed by atoms with Gasteiger partial charge in [0, 0.05) is 18.5 Å². The fourth-order valence-electron chi connectivity index (χ4n) is 3.26. The fourth-order valence-corrected chi connectivity index (χ4v) is 3.26. The van der Waals surface area contributed by atoms with Crippen LogP contribution in [0.3, 0.4) is 0 Å². The third-order valence-electron chi connectivity index (χ3n) is 4.74. The second-order valence-corrected chi connectivity index (χ2v) is 6.59. The Morgan fingerprint density at radius 3 is 2.52 bits per heavy atom. The Morgan fingerprint density at radius 2 is 1.74 bits per heavy atom. The summed E-state index contributed by atoms with van der Waals surface area (Å²) in [6, 6.07) is 17.5. The van der Waals surface area contributed by atoms with Crippen molar-refractivity contribution in [2.75, 3.05) is 31.2 Å². The molecule has 6 heteroatoms. The first-order valence-corrected chi connectivity index (χ1v) is 9.17. The average Bonchev–Trinajstić information content (AvgIpc) is 2.74. The number of anilines is 1. The Kier molecular flexibility index (Phi) is 4.98. The number of ether oxygens (including phenoxy) is 1. The van der Waals surface area contributed by atoms with Crippen LogP contribution >= 0.6 is 0 Å². The van der Waals surface area contributed by atoms with Crippen LogP contribution in [0.5, 0.6) is 0 Å². The van der Waals surface area contributed by atoms with E-state index in [0.29, 0.717) is 13.2 Å². The summed E-state index contributed by atoms with van der Waals surface area (Å²) in [4.78, 5) is 24.1. The first-order chi connectivity index (χ1) is 13.2. The summed E-state index contributed by atoms with van der Waals surface area (Å²) in [6.45, 7) is 4.78. The highest BCUT2D eigenvalue weighted by atomic mass is 16.5. The molecule has 3 aromatic rings. The quantitative estimate of drug-likeness (QED) is 0.773. The van der Waals surface area contributed by atoms with E-state index in [0.717, 1.165) is 35.4 Å². The van der Waals surface area contributed by atoms with Gasteiger partial charge in [-0.05, 0) is 24.6 Å². The Hall–Kier alpha value is -2.99. The van der Waals surface area contributed by atoms with Crippen molar-refractivity contribution in [2.24, 2.45) is 0 Å². The minimum atomic E-state index is -0.272. The van der Waals surface area contributed by atoms with Crippen molar-refractivity contribution in [3.8, 4) is 0 Å². The van der Waals surface area contributed by atoms with E-state index in [9.17, 15) is 4.79 Å². The van der Waals surface area contributed by atoms with Crippen molar-refractivity contribution < 1.29 is 9.53 Å². The van der Waals surface area contributed by atoms with E-state index < -0.39 is 0 Å². The molecule has 1 aliphatic heterocycles. The molecule has 6 nitrogen and oxygen atoms in total. The number of nitrogens with one attached hydrogen (secondary N) is 1. The van der Waals surface area contributed by atoms with Gasteiger partial charge in [-0.25, -0.2) is 9.97 Å². The molecule has 1 aromatic heterocycles. The number of carbonyl (C=O) groups is 1. The van der Waals surface area contributed by atoms with E-state index in [4.69, 9.17) is 4.74 Å². The molecular formula is C21H22N4O2. The van der Waals surface area contributed by atoms with Crippen molar-refractivity contribution in [3.05, 3.63) is 66.0 Å². The molecule has 1 amide bonds. The Morgan fingerprint density at radius 1 is 1.04 bits per heavy atom. The van der Waals surface area contributed by atoms with Crippen LogP contribution in [-0.2, 0) is 4.74 Å². The lowest BCUT2D eigenvalue weighted by molar-refractivity contribution is 0.0929. The lowest BCUT2D eigenvalue weighted by Gasteiger charge is -2.29. The minimum Gasteiger partial charge on any atom is -0.378 e. The Labute approximate surface area is 158 Å². The second kappa shape index (κ2) is 7.72. The molecule has 1 saturated heterocycles. The number of carbonyl (C=O) groups excluding carboxylic acids is 1. The molecule has 2 aromatic carbocycles. The average molecular weight is 362 g/mol. The maximum absolute atomic E-state index is 12.8. The summed E-state index contributed by atoms with van der Waals surface area (Å²) < 4.78 is 5.45. The number of nitrogens with zero attached hydrogens (tertiary/aromatic N) is 3. The smallest absolute Gasteiger partial charge is 0.289 e. The van der Waals surface area contributed by atoms with Crippen LogP contribution in [0, 0.1) is 0 Å². The number of rotatable bonds is 4. The van der Waals surface area contributed by atoms with Crippen LogP contribution in [0.4, 0.5) is 5.82 Å². The molecule has 4 rings (SSSR count). The highest BCUT2D eigenvalue weighted by Crippen LogP contribution is 2.25. The van der Waals surface area contributed by atoms with Crippen LogP contribution in [-0.4, -0.2) is 42.2 Å². The molecule has 1 unspecified atom stereocenters. The molecule has 1 N–H and O–H groups in total. The first kappa shape index (κ1) is 17.4. The molecule has 1 fully saturated rings. The number of morpholine rings is 1. The van der Waals surface area contributed by atoms with Crippen LogP contribution in [0.2, 0.25) is 0 Å². The molecule has 0 radical (unpaired) electrons. The van der Waals surface area contributed by atoms with Gasteiger partial charge in [-0.3, -0.25) is 4.79 Å². The second-order valence-electron chi connectivity index (χ2n) is 6.59. The number of para-hydroxylation sites is 1. The van der Waals surface area contributed by atoms with Crippen molar-refractivity contribution in [2.45, 2.75) is 13.0 Å². The third kappa shape index (κ3) is 3.75. The maximum atomic E-state index is 12.8. The van der Waals surface area contributed by atoms with Gasteiger partial charge in [0.1, 0.15) is 5.82 Å². The van der Waals surface area contributed by atoms with Crippen molar-refractivity contribution in [3.63, 3.8) is 0 Å². The van der Waals surface area contributed by atoms with Gasteiger partial charge in [0.2, 0.25) is 5.82 Å². The van der Waals surface area contributed by atoms with Gasteiger partial charge < -0.3 is 15.0 Å². The van der Waals surface area contributed by atoms with Gasteiger partial charge in [0.05, 0.1) is 24.8 Å². The summed E-state index contributed by atoms with van der Waals surface area (Å²) in [7, 11) is 0. The van der Waals surface area contributed by atoms with Crippen molar-refractivity contribution in [1.29, 1.82) is 0 Å². The number of amides is 1. The topological polar surface area (TPSA) is 67.4 Å². The lowest BCUT2D eigenvalue weighted by atomic mass is 10.1. The first-order valence-electron chi connectivity index (χ1n) is 9.17. The van der Waals surface area contributed by atoms with Gasteiger partial charge >= 0.3 is 0 Å². The van der Waals surface area contributed by atoms with Crippen molar-refractivity contribution in [1.82, 2.24) is 15.3 Å². The Bertz CT molecular complexity index is 939. The standard InChI is InChI=1S/C21H22N4O2/c1-15(16-7-3-2-4-8-16)22-21(26)19-23-18-10-6-5-9-17(18)20(24-19)25-11-13-27-14-12-25/h2-10,15H,11-14H2,1H3,(H,22,26). The maximum Gasteiger partial charge on any atom is 0.289 e. The van der Waals surface area contributed by atoms with Gasteiger partial charge in [-0.1, -0.05) is 42.5 Å². The van der Waals surface area contributed by atoms with Crippen LogP contribution in [0.25, 0.3) is 10.9 Å². The highest BCUT2D eigenvalue weighted by molar-refractivity contribution is 5.96. The summed E-state index contributed by atoms with van der Waals surface area (Å²) in [5, 5.41) is 3.95. The summed E-state index contributed by atoms with van der Waals surface area (Å²) in [5.41, 5.74) is 1.81. The van der Waals surface area contributed by atoms with E-state index in [1.54, 1.807) is 0 Å². The predicted octanol–water partition coefficient (Wildman–Crippen LogP) is 2.96.